The quantitative estimate of drug-likeness (QED) is 0.225. The average Bonchev–Trinajstić information content (AvgIpc) is 3.14. The fourth-order valence-corrected chi connectivity index (χ4v) is 3.98. The van der Waals surface area contributed by atoms with Crippen LogP contribution in [0.15, 0.2) is 84.7 Å². The molecule has 1 fully saturated rings. The number of ketones is 1. The Morgan fingerprint density at radius 1 is 1.03 bits per heavy atom. The minimum Gasteiger partial charge on any atom is -0.507 e. The van der Waals surface area contributed by atoms with Crippen molar-refractivity contribution in [3.8, 4) is 5.75 Å². The third-order valence-electron chi connectivity index (χ3n) is 5.66. The molecule has 174 valence electrons. The molecule has 1 aromatic heterocycles. The Bertz CT molecular complexity index is 1160. The number of pyridine rings is 1. The Morgan fingerprint density at radius 2 is 1.79 bits per heavy atom. The SMILES string of the molecule is COCCCN1C(=O)C(=O)/C(=C(/O)c2ccc(OCc3ccccc3)cc2)[C@H]1c1cccnc1. The second-order valence-electron chi connectivity index (χ2n) is 7.92. The number of aliphatic hydroxyl groups excluding tert-OH is 1. The van der Waals surface area contributed by atoms with Gasteiger partial charge in [0.05, 0.1) is 11.6 Å². The number of amides is 1. The topological polar surface area (TPSA) is 89.0 Å². The van der Waals surface area contributed by atoms with Crippen molar-refractivity contribution in [2.45, 2.75) is 19.1 Å². The molecule has 0 saturated carbocycles. The lowest BCUT2D eigenvalue weighted by atomic mass is 9.96. The van der Waals surface area contributed by atoms with Crippen LogP contribution in [0.25, 0.3) is 5.76 Å². The van der Waals surface area contributed by atoms with Gasteiger partial charge in [-0.2, -0.15) is 0 Å². The van der Waals surface area contributed by atoms with Gasteiger partial charge in [-0.25, -0.2) is 0 Å². The van der Waals surface area contributed by atoms with E-state index in [1.165, 1.54) is 4.90 Å². The van der Waals surface area contributed by atoms with Gasteiger partial charge in [-0.3, -0.25) is 14.6 Å². The monoisotopic (exact) mass is 458 g/mol. The number of carbonyl (C=O) groups is 2. The number of methoxy groups -OCH3 is 1. The molecule has 4 rings (SSSR count). The van der Waals surface area contributed by atoms with E-state index in [1.54, 1.807) is 55.9 Å². The summed E-state index contributed by atoms with van der Waals surface area (Å²) in [5.41, 5.74) is 2.17. The van der Waals surface area contributed by atoms with E-state index in [0.717, 1.165) is 5.56 Å². The van der Waals surface area contributed by atoms with E-state index in [-0.39, 0.29) is 11.3 Å². The van der Waals surface area contributed by atoms with Crippen molar-refractivity contribution < 1.29 is 24.2 Å². The zero-order valence-electron chi connectivity index (χ0n) is 18.9. The van der Waals surface area contributed by atoms with Gasteiger partial charge < -0.3 is 19.5 Å². The van der Waals surface area contributed by atoms with E-state index in [0.29, 0.717) is 43.1 Å². The maximum Gasteiger partial charge on any atom is 0.295 e. The van der Waals surface area contributed by atoms with Gasteiger partial charge in [0.25, 0.3) is 11.7 Å². The highest BCUT2D eigenvalue weighted by atomic mass is 16.5. The molecule has 3 aromatic rings. The Kier molecular flexibility index (Phi) is 7.34. The molecule has 34 heavy (non-hydrogen) atoms. The lowest BCUT2D eigenvalue weighted by Crippen LogP contribution is -2.31. The van der Waals surface area contributed by atoms with Crippen molar-refractivity contribution in [2.24, 2.45) is 0 Å². The van der Waals surface area contributed by atoms with Gasteiger partial charge in [-0.05, 0) is 47.9 Å². The van der Waals surface area contributed by atoms with Crippen LogP contribution in [0, 0.1) is 0 Å². The lowest BCUT2D eigenvalue weighted by molar-refractivity contribution is -0.140. The van der Waals surface area contributed by atoms with Crippen LogP contribution in [0.3, 0.4) is 0 Å². The third kappa shape index (κ3) is 5.00. The molecule has 0 bridgehead atoms. The Labute approximate surface area is 198 Å². The third-order valence-corrected chi connectivity index (χ3v) is 5.66. The summed E-state index contributed by atoms with van der Waals surface area (Å²) in [6, 6.07) is 19.4. The van der Waals surface area contributed by atoms with Gasteiger partial charge in [0.2, 0.25) is 0 Å². The number of Topliss-reactive ketones (excluding diaryl/α,β-unsaturated/α-hetero) is 1. The first kappa shape index (κ1) is 23.2. The van der Waals surface area contributed by atoms with Gasteiger partial charge in [0, 0.05) is 38.2 Å². The van der Waals surface area contributed by atoms with Crippen LogP contribution < -0.4 is 4.74 Å². The normalized spacial score (nSPS) is 17.2. The number of likely N-dealkylation sites (tertiary alicyclic amines) is 1. The van der Waals surface area contributed by atoms with Gasteiger partial charge in [-0.15, -0.1) is 0 Å². The van der Waals surface area contributed by atoms with Crippen LogP contribution in [-0.2, 0) is 20.9 Å². The molecular formula is C27H26N2O5. The highest BCUT2D eigenvalue weighted by Gasteiger charge is 2.45. The van der Waals surface area contributed by atoms with Crippen LogP contribution >= 0.6 is 0 Å². The molecular weight excluding hydrogens is 432 g/mol. The van der Waals surface area contributed by atoms with Gasteiger partial charge in [0.15, 0.2) is 0 Å². The van der Waals surface area contributed by atoms with Gasteiger partial charge in [-0.1, -0.05) is 36.4 Å². The molecule has 1 N–H and O–H groups in total. The fourth-order valence-electron chi connectivity index (χ4n) is 3.98. The molecule has 7 heteroatoms. The fraction of sp³-hybridized carbons (Fsp3) is 0.222. The number of rotatable bonds is 9. The number of ether oxygens (including phenoxy) is 2. The predicted molar refractivity (Wildman–Crippen MR) is 127 cm³/mol. The Balaban J connectivity index is 1.62. The molecule has 1 atom stereocenters. The second-order valence-corrected chi connectivity index (χ2v) is 7.92. The van der Waals surface area contributed by atoms with Crippen LogP contribution in [-0.4, -0.2) is 46.9 Å². The molecule has 0 aliphatic carbocycles. The largest absolute Gasteiger partial charge is 0.507 e. The van der Waals surface area contributed by atoms with E-state index >= 15 is 0 Å². The maximum absolute atomic E-state index is 13.0. The Morgan fingerprint density at radius 3 is 2.47 bits per heavy atom. The van der Waals surface area contributed by atoms with Crippen molar-refractivity contribution in [3.05, 3.63) is 101 Å². The number of nitrogens with zero attached hydrogens (tertiary/aromatic N) is 2. The van der Waals surface area contributed by atoms with Crippen molar-refractivity contribution in [3.63, 3.8) is 0 Å². The number of hydrogen-bond acceptors (Lipinski definition) is 6. The summed E-state index contributed by atoms with van der Waals surface area (Å²) in [6.07, 6.45) is 3.79. The van der Waals surface area contributed by atoms with Crippen LogP contribution in [0.1, 0.15) is 29.2 Å². The molecule has 0 unspecified atom stereocenters. The number of carbonyl (C=O) groups excluding carboxylic acids is 2. The van der Waals surface area contributed by atoms with Gasteiger partial charge >= 0.3 is 0 Å². The summed E-state index contributed by atoms with van der Waals surface area (Å²) in [7, 11) is 1.58. The molecule has 7 nitrogen and oxygen atoms in total. The summed E-state index contributed by atoms with van der Waals surface area (Å²) in [6.45, 7) is 1.19. The van der Waals surface area contributed by atoms with Gasteiger partial charge in [0.1, 0.15) is 18.1 Å². The summed E-state index contributed by atoms with van der Waals surface area (Å²) >= 11 is 0. The van der Waals surface area contributed by atoms with Crippen LogP contribution in [0.2, 0.25) is 0 Å². The maximum atomic E-state index is 13.0. The van der Waals surface area contributed by atoms with E-state index < -0.39 is 17.7 Å². The van der Waals surface area contributed by atoms with Crippen molar-refractivity contribution >= 4 is 17.4 Å². The number of aliphatic hydroxyl groups is 1. The first-order valence-corrected chi connectivity index (χ1v) is 11.0. The molecule has 1 aliphatic heterocycles. The number of aromatic nitrogens is 1. The van der Waals surface area contributed by atoms with Crippen LogP contribution in [0.4, 0.5) is 0 Å². The molecule has 2 heterocycles. The molecule has 1 aliphatic rings. The van der Waals surface area contributed by atoms with E-state index in [9.17, 15) is 14.7 Å². The molecule has 1 amide bonds. The summed E-state index contributed by atoms with van der Waals surface area (Å²) in [4.78, 5) is 31.5. The zero-order valence-corrected chi connectivity index (χ0v) is 18.9. The van der Waals surface area contributed by atoms with E-state index in [1.807, 2.05) is 30.3 Å². The summed E-state index contributed by atoms with van der Waals surface area (Å²) < 4.78 is 10.9. The van der Waals surface area contributed by atoms with Crippen molar-refractivity contribution in [2.75, 3.05) is 20.3 Å². The van der Waals surface area contributed by atoms with E-state index in [4.69, 9.17) is 9.47 Å². The lowest BCUT2D eigenvalue weighted by Gasteiger charge is -2.25. The highest BCUT2D eigenvalue weighted by molar-refractivity contribution is 6.46. The average molecular weight is 459 g/mol. The van der Waals surface area contributed by atoms with Crippen molar-refractivity contribution in [1.82, 2.24) is 9.88 Å². The number of hydrogen-bond donors (Lipinski definition) is 1. The van der Waals surface area contributed by atoms with Crippen molar-refractivity contribution in [1.29, 1.82) is 0 Å². The molecule has 2 aromatic carbocycles. The Hall–Kier alpha value is -3.97. The first-order chi connectivity index (χ1) is 16.6. The number of benzene rings is 2. The molecule has 0 spiro atoms. The summed E-state index contributed by atoms with van der Waals surface area (Å²) in [5, 5.41) is 11.1. The van der Waals surface area contributed by atoms with Crippen LogP contribution in [0.5, 0.6) is 5.75 Å². The smallest absolute Gasteiger partial charge is 0.295 e. The minimum absolute atomic E-state index is 0.0494. The second kappa shape index (κ2) is 10.8. The molecule has 0 radical (unpaired) electrons. The zero-order chi connectivity index (χ0) is 23.9. The molecule has 1 saturated heterocycles. The van der Waals surface area contributed by atoms with E-state index in [2.05, 4.69) is 4.98 Å². The first-order valence-electron chi connectivity index (χ1n) is 11.0. The standard InChI is InChI=1S/C27H26N2O5/c1-33-16-6-15-29-24(21-9-5-14-28-17-21)23(26(31)27(29)32)25(30)20-10-12-22(13-11-20)34-18-19-7-3-2-4-8-19/h2-5,7-14,17,24,30H,6,15-16,18H2,1H3/b25-23+/t24-/m1/s1. The summed E-state index contributed by atoms with van der Waals surface area (Å²) in [5.74, 6) is -0.956. The highest BCUT2D eigenvalue weighted by Crippen LogP contribution is 2.39. The predicted octanol–water partition coefficient (Wildman–Crippen LogP) is 4.12. The minimum atomic E-state index is -0.723.